The second kappa shape index (κ2) is 6.85. The second-order valence-electron chi connectivity index (χ2n) is 3.10. The molecule has 0 aromatic rings. The van der Waals surface area contributed by atoms with Crippen LogP contribution < -0.4 is 0 Å². The van der Waals surface area contributed by atoms with Crippen molar-refractivity contribution in [3.8, 4) is 0 Å². The molecular weight excluding hydrogens is 248 g/mol. The van der Waals surface area contributed by atoms with Crippen molar-refractivity contribution in [3.63, 3.8) is 0 Å². The summed E-state index contributed by atoms with van der Waals surface area (Å²) in [7, 11) is 0. The van der Waals surface area contributed by atoms with E-state index in [0.717, 1.165) is 23.3 Å². The fraction of sp³-hybridized carbons (Fsp3) is 0.600. The van der Waals surface area contributed by atoms with E-state index in [0.29, 0.717) is 0 Å². The normalized spacial score (nSPS) is 21.9. The summed E-state index contributed by atoms with van der Waals surface area (Å²) >= 11 is 3.36. The van der Waals surface area contributed by atoms with Crippen LogP contribution in [0.4, 0.5) is 0 Å². The molecule has 0 radical (unpaired) electrons. The Hall–Kier alpha value is -0.620. The van der Waals surface area contributed by atoms with E-state index in [2.05, 4.69) is 6.58 Å². The predicted molar refractivity (Wildman–Crippen MR) is 65.4 cm³/mol. The Morgan fingerprint density at radius 1 is 1.50 bits per heavy atom. The molecule has 2 unspecified atom stereocenters. The van der Waals surface area contributed by atoms with Crippen molar-refractivity contribution in [1.82, 2.24) is 0 Å². The highest BCUT2D eigenvalue weighted by Gasteiger charge is 2.24. The van der Waals surface area contributed by atoms with Crippen LogP contribution in [0.1, 0.15) is 6.92 Å². The Morgan fingerprint density at radius 2 is 2.25 bits per heavy atom. The molecule has 0 aromatic carbocycles. The summed E-state index contributed by atoms with van der Waals surface area (Å²) < 4.78 is 9.95. The molecule has 0 bridgehead atoms. The monoisotopic (exact) mass is 262 g/mol. The fourth-order valence-corrected chi connectivity index (χ4v) is 3.41. The summed E-state index contributed by atoms with van der Waals surface area (Å²) in [6.45, 7) is 4.75. The van der Waals surface area contributed by atoms with Crippen molar-refractivity contribution in [2.45, 2.75) is 18.5 Å². The minimum absolute atomic E-state index is 0.129. The Labute approximate surface area is 103 Å². The lowest BCUT2D eigenvalue weighted by molar-refractivity contribution is -0.164. The Balaban J connectivity index is 2.32. The molecule has 0 amide bonds. The average molecular weight is 262 g/mol. The van der Waals surface area contributed by atoms with Gasteiger partial charge in [0, 0.05) is 23.3 Å². The van der Waals surface area contributed by atoms with Crippen LogP contribution in [-0.2, 0) is 19.1 Å². The molecule has 0 spiro atoms. The van der Waals surface area contributed by atoms with Crippen molar-refractivity contribution in [2.75, 3.05) is 17.3 Å². The number of hydrogen-bond donors (Lipinski definition) is 0. The molecule has 4 nitrogen and oxygen atoms in total. The first-order chi connectivity index (χ1) is 7.63. The lowest BCUT2D eigenvalue weighted by Crippen LogP contribution is -2.30. The van der Waals surface area contributed by atoms with Gasteiger partial charge in [-0.2, -0.15) is 11.8 Å². The third-order valence-corrected chi connectivity index (χ3v) is 4.40. The van der Waals surface area contributed by atoms with E-state index in [1.165, 1.54) is 6.92 Å². The van der Waals surface area contributed by atoms with Gasteiger partial charge in [0.25, 0.3) is 0 Å². The molecule has 1 fully saturated rings. The number of carbonyl (C=O) groups excluding carboxylic acids is 2. The van der Waals surface area contributed by atoms with Crippen LogP contribution in [0.25, 0.3) is 0 Å². The summed E-state index contributed by atoms with van der Waals surface area (Å²) in [6.07, 6.45) is 0.146. The lowest BCUT2D eigenvalue weighted by Gasteiger charge is -2.22. The van der Waals surface area contributed by atoms with Gasteiger partial charge in [0.05, 0.1) is 0 Å². The van der Waals surface area contributed by atoms with Crippen molar-refractivity contribution < 1.29 is 19.1 Å². The van der Waals surface area contributed by atoms with Gasteiger partial charge < -0.3 is 9.47 Å². The van der Waals surface area contributed by atoms with Gasteiger partial charge in [-0.25, -0.2) is 9.59 Å². The number of ether oxygens (including phenoxy) is 2. The molecule has 6 heteroatoms. The quantitative estimate of drug-likeness (QED) is 0.564. The molecule has 90 valence electrons. The number of hydrogen-bond acceptors (Lipinski definition) is 6. The van der Waals surface area contributed by atoms with Gasteiger partial charge in [0.2, 0.25) is 0 Å². The molecular formula is C10H14O4S2. The summed E-state index contributed by atoms with van der Waals surface area (Å²) in [5.41, 5.74) is -0.129. The minimum Gasteiger partial charge on any atom is -0.448 e. The Morgan fingerprint density at radius 3 is 2.81 bits per heavy atom. The zero-order valence-electron chi connectivity index (χ0n) is 9.01. The molecule has 1 aliphatic heterocycles. The van der Waals surface area contributed by atoms with Crippen LogP contribution in [0.3, 0.4) is 0 Å². The molecule has 0 saturated carbocycles. The molecule has 0 aliphatic carbocycles. The molecule has 0 N–H and O–H groups in total. The van der Waals surface area contributed by atoms with Gasteiger partial charge in [-0.3, -0.25) is 0 Å². The second-order valence-corrected chi connectivity index (χ2v) is 5.51. The van der Waals surface area contributed by atoms with Gasteiger partial charge in [0.15, 0.2) is 11.5 Å². The Bertz CT molecular complexity index is 274. The van der Waals surface area contributed by atoms with Crippen LogP contribution in [0.2, 0.25) is 0 Å². The average Bonchev–Trinajstić information content (AvgIpc) is 2.30. The highest BCUT2D eigenvalue weighted by atomic mass is 32.2. The van der Waals surface area contributed by atoms with Gasteiger partial charge in [-0.1, -0.05) is 6.58 Å². The standard InChI is InChI=1S/C10H14O4S2/c1-3-8(11)13-7(2)10(12)14-9-6-15-4-5-16-9/h3,7,9H,1,4-6H2,2H3. The molecule has 1 rings (SSSR count). The molecule has 1 heterocycles. The Kier molecular flexibility index (Phi) is 5.76. The van der Waals surface area contributed by atoms with Gasteiger partial charge in [-0.05, 0) is 6.92 Å². The molecule has 1 saturated heterocycles. The maximum Gasteiger partial charge on any atom is 0.348 e. The van der Waals surface area contributed by atoms with E-state index >= 15 is 0 Å². The van der Waals surface area contributed by atoms with E-state index in [4.69, 9.17) is 9.47 Å². The van der Waals surface area contributed by atoms with Gasteiger partial charge in [-0.15, -0.1) is 11.8 Å². The first-order valence-electron chi connectivity index (χ1n) is 4.86. The van der Waals surface area contributed by atoms with Crippen molar-refractivity contribution in [3.05, 3.63) is 12.7 Å². The van der Waals surface area contributed by atoms with Gasteiger partial charge in [0.1, 0.15) is 0 Å². The molecule has 2 atom stereocenters. The van der Waals surface area contributed by atoms with Crippen molar-refractivity contribution in [2.24, 2.45) is 0 Å². The van der Waals surface area contributed by atoms with Crippen LogP contribution in [0.15, 0.2) is 12.7 Å². The third-order valence-electron chi connectivity index (χ3n) is 1.82. The first-order valence-corrected chi connectivity index (χ1v) is 7.06. The highest BCUT2D eigenvalue weighted by Crippen LogP contribution is 2.25. The maximum atomic E-state index is 11.5. The molecule has 1 aliphatic rings. The summed E-state index contributed by atoms with van der Waals surface area (Å²) in [4.78, 5) is 22.4. The number of rotatable bonds is 4. The lowest BCUT2D eigenvalue weighted by atomic mass is 10.4. The minimum atomic E-state index is -0.877. The SMILES string of the molecule is C=CC(=O)OC(C)C(=O)OC1CSCCS1. The van der Waals surface area contributed by atoms with E-state index in [9.17, 15) is 9.59 Å². The fourth-order valence-electron chi connectivity index (χ4n) is 1.03. The van der Waals surface area contributed by atoms with Crippen LogP contribution in [0.5, 0.6) is 0 Å². The maximum absolute atomic E-state index is 11.5. The van der Waals surface area contributed by atoms with Crippen LogP contribution >= 0.6 is 23.5 Å². The molecule has 16 heavy (non-hydrogen) atoms. The van der Waals surface area contributed by atoms with E-state index < -0.39 is 18.0 Å². The van der Waals surface area contributed by atoms with Crippen LogP contribution in [0, 0.1) is 0 Å². The van der Waals surface area contributed by atoms with Crippen LogP contribution in [-0.4, -0.2) is 40.7 Å². The number of carbonyl (C=O) groups is 2. The van der Waals surface area contributed by atoms with E-state index in [1.807, 2.05) is 0 Å². The van der Waals surface area contributed by atoms with Gasteiger partial charge >= 0.3 is 11.9 Å². The zero-order chi connectivity index (χ0) is 12.0. The largest absolute Gasteiger partial charge is 0.448 e. The van der Waals surface area contributed by atoms with Crippen molar-refractivity contribution >= 4 is 35.5 Å². The summed E-state index contributed by atoms with van der Waals surface area (Å²) in [5, 5.41) is 0. The third kappa shape index (κ3) is 4.49. The number of esters is 2. The van der Waals surface area contributed by atoms with E-state index in [1.54, 1.807) is 23.5 Å². The first kappa shape index (κ1) is 13.4. The smallest absolute Gasteiger partial charge is 0.348 e. The zero-order valence-corrected chi connectivity index (χ0v) is 10.6. The van der Waals surface area contributed by atoms with Crippen molar-refractivity contribution in [1.29, 1.82) is 0 Å². The molecule has 0 aromatic heterocycles. The summed E-state index contributed by atoms with van der Waals surface area (Å²) in [6, 6.07) is 0. The highest BCUT2D eigenvalue weighted by molar-refractivity contribution is 8.06. The van der Waals surface area contributed by atoms with E-state index in [-0.39, 0.29) is 5.44 Å². The topological polar surface area (TPSA) is 52.6 Å². The summed E-state index contributed by atoms with van der Waals surface area (Å²) in [5.74, 6) is 1.73. The number of thioether (sulfide) groups is 2. The predicted octanol–water partition coefficient (Wildman–Crippen LogP) is 1.45.